The zero-order valence-corrected chi connectivity index (χ0v) is 31.6. The van der Waals surface area contributed by atoms with Crippen LogP contribution in [0.5, 0.6) is 0 Å². The fraction of sp³-hybridized carbons (Fsp3) is 0. The maximum absolute atomic E-state index is 10.6. The van der Waals surface area contributed by atoms with Crippen LogP contribution in [-0.4, -0.2) is 27.1 Å². The van der Waals surface area contributed by atoms with E-state index in [0.29, 0.717) is 22.8 Å². The Morgan fingerprint density at radius 3 is 1.53 bits per heavy atom. The van der Waals surface area contributed by atoms with Gasteiger partial charge in [0.05, 0.1) is 28.1 Å². The summed E-state index contributed by atoms with van der Waals surface area (Å²) in [5.41, 5.74) is 11.8. The molecule has 0 spiro atoms. The van der Waals surface area contributed by atoms with E-state index in [0.717, 1.165) is 87.9 Å². The van der Waals surface area contributed by atoms with Crippen LogP contribution in [0.25, 0.3) is 83.6 Å². The van der Waals surface area contributed by atoms with Crippen LogP contribution in [0.3, 0.4) is 0 Å². The third-order valence-corrected chi connectivity index (χ3v) is 11.4. The van der Waals surface area contributed by atoms with E-state index < -0.39 is 0 Å². The predicted molar refractivity (Wildman–Crippen MR) is 236 cm³/mol. The smallest absolute Gasteiger partial charge is 0.161 e. The van der Waals surface area contributed by atoms with Crippen molar-refractivity contribution in [2.24, 2.45) is 0 Å². The topological polar surface area (TPSA) is 54.5 Å². The minimum atomic E-state index is 0.437. The monoisotopic (exact) mass is 738 g/mol. The minimum absolute atomic E-state index is 0.437. The molecule has 0 saturated carbocycles. The summed E-state index contributed by atoms with van der Waals surface area (Å²) in [5.74, 6) is 0.534. The van der Waals surface area contributed by atoms with Crippen molar-refractivity contribution in [1.29, 1.82) is 5.26 Å². The number of rotatable bonds is 8. The van der Waals surface area contributed by atoms with Gasteiger partial charge in [-0.05, 0) is 64.7 Å². The van der Waals surface area contributed by atoms with E-state index in [1.807, 2.05) is 72.8 Å². The largest absolute Gasteiger partial charge is 0.308 e. The van der Waals surface area contributed by atoms with E-state index in [-0.39, 0.29) is 0 Å². The maximum Gasteiger partial charge on any atom is 0.161 e. The highest BCUT2D eigenvalue weighted by Gasteiger charge is 2.24. The normalized spacial score (nSPS) is 11.3. The lowest BCUT2D eigenvalue weighted by Gasteiger charge is -2.19. The highest BCUT2D eigenvalue weighted by molar-refractivity contribution is 7.46. The van der Waals surface area contributed by atoms with Gasteiger partial charge in [0.2, 0.25) is 0 Å². The zero-order chi connectivity index (χ0) is 37.3. The van der Waals surface area contributed by atoms with Crippen molar-refractivity contribution >= 4 is 61.4 Å². The summed E-state index contributed by atoms with van der Waals surface area (Å²) in [6, 6.07) is 61.0. The van der Waals surface area contributed by atoms with Crippen LogP contribution in [0, 0.1) is 11.3 Å². The lowest BCUT2D eigenvalue weighted by atomic mass is 9.98. The first kappa shape index (κ1) is 34.0. The lowest BCUT2D eigenvalue weighted by molar-refractivity contribution is 1.16. The van der Waals surface area contributed by atoms with Crippen LogP contribution < -0.4 is 10.6 Å². The van der Waals surface area contributed by atoms with E-state index in [2.05, 4.69) is 120 Å². The molecule has 258 valence electrons. The Labute approximate surface area is 323 Å². The second-order valence-electron chi connectivity index (χ2n) is 13.2. The van der Waals surface area contributed by atoms with E-state index in [1.54, 1.807) is 0 Å². The molecule has 0 amide bonds. The van der Waals surface area contributed by atoms with Gasteiger partial charge in [0.1, 0.15) is 11.6 Å². The first-order chi connectivity index (χ1) is 27.1. The zero-order valence-electron chi connectivity index (χ0n) is 29.8. The minimum Gasteiger partial charge on any atom is -0.308 e. The summed E-state index contributed by atoms with van der Waals surface area (Å²) < 4.78 is 2.37. The number of nitriles is 1. The summed E-state index contributed by atoms with van der Waals surface area (Å²) in [6.45, 7) is 0. The Morgan fingerprint density at radius 1 is 0.491 bits per heavy atom. The van der Waals surface area contributed by atoms with Gasteiger partial charge >= 0.3 is 0 Å². The standard InChI is InChI=1S/C49H32N4P2/c1-54-38-24-26-44-40(30-38)39-27-36(32-15-7-3-8-16-32)23-25-43(39)53(44)45-29-37(33-17-9-4-10-18-33)28-41(48(45)55-2)49-51-46(34-19-11-5-12-20-34)42(31-50)47(52-49)35-21-13-6-14-22-35/h3-30H,1-2H2. The first-order valence-electron chi connectivity index (χ1n) is 17.9. The summed E-state index contributed by atoms with van der Waals surface area (Å²) >= 11 is 0. The van der Waals surface area contributed by atoms with Gasteiger partial charge in [0.25, 0.3) is 0 Å². The molecule has 55 heavy (non-hydrogen) atoms. The average Bonchev–Trinajstić information content (AvgIpc) is 3.59. The molecule has 0 atom stereocenters. The average molecular weight is 739 g/mol. The van der Waals surface area contributed by atoms with Gasteiger partial charge < -0.3 is 4.57 Å². The summed E-state index contributed by atoms with van der Waals surface area (Å²) in [7, 11) is 1.76. The van der Waals surface area contributed by atoms with E-state index in [4.69, 9.17) is 9.97 Å². The van der Waals surface area contributed by atoms with E-state index >= 15 is 0 Å². The number of aromatic nitrogens is 3. The van der Waals surface area contributed by atoms with Crippen LogP contribution in [0.2, 0.25) is 0 Å². The van der Waals surface area contributed by atoms with E-state index in [9.17, 15) is 5.26 Å². The molecular weight excluding hydrogens is 707 g/mol. The van der Waals surface area contributed by atoms with Crippen LogP contribution in [-0.2, 0) is 0 Å². The highest BCUT2D eigenvalue weighted by Crippen LogP contribution is 2.39. The molecule has 0 bridgehead atoms. The molecule has 0 aliphatic carbocycles. The lowest BCUT2D eigenvalue weighted by Crippen LogP contribution is -2.13. The van der Waals surface area contributed by atoms with Gasteiger partial charge in [0, 0.05) is 38.1 Å². The molecule has 9 rings (SSSR count). The molecule has 2 aromatic heterocycles. The highest BCUT2D eigenvalue weighted by atomic mass is 31.1. The molecule has 9 aromatic rings. The van der Waals surface area contributed by atoms with Crippen LogP contribution >= 0.6 is 16.4 Å². The Kier molecular flexibility index (Phi) is 9.03. The number of nitrogens with zero attached hydrogens (tertiary/aromatic N) is 4. The van der Waals surface area contributed by atoms with Gasteiger partial charge in [0.15, 0.2) is 5.82 Å². The number of hydrogen-bond acceptors (Lipinski definition) is 3. The second-order valence-corrected chi connectivity index (χ2v) is 14.8. The molecule has 0 fully saturated rings. The molecule has 7 aromatic carbocycles. The molecule has 0 saturated heterocycles. The van der Waals surface area contributed by atoms with Crippen molar-refractivity contribution in [1.82, 2.24) is 14.5 Å². The van der Waals surface area contributed by atoms with Crippen LogP contribution in [0.4, 0.5) is 0 Å². The quantitative estimate of drug-likeness (QED) is 0.146. The van der Waals surface area contributed by atoms with Crippen molar-refractivity contribution in [3.8, 4) is 67.9 Å². The van der Waals surface area contributed by atoms with Crippen LogP contribution in [0.1, 0.15) is 5.56 Å². The molecule has 0 unspecified atom stereocenters. The predicted octanol–water partition coefficient (Wildman–Crippen LogP) is 11.8. The Balaban J connectivity index is 1.39. The summed E-state index contributed by atoms with van der Waals surface area (Å²) in [6.07, 6.45) is 8.68. The molecule has 0 radical (unpaired) electrons. The Morgan fingerprint density at radius 2 is 1.00 bits per heavy atom. The van der Waals surface area contributed by atoms with Crippen molar-refractivity contribution in [3.63, 3.8) is 0 Å². The Hall–Kier alpha value is -6.75. The third-order valence-electron chi connectivity index (χ3n) is 9.99. The van der Waals surface area contributed by atoms with Crippen molar-refractivity contribution in [3.05, 3.63) is 175 Å². The van der Waals surface area contributed by atoms with Gasteiger partial charge in [-0.1, -0.05) is 156 Å². The van der Waals surface area contributed by atoms with Crippen molar-refractivity contribution in [2.45, 2.75) is 0 Å². The third kappa shape index (κ3) is 6.17. The summed E-state index contributed by atoms with van der Waals surface area (Å²) in [5, 5.41) is 15.1. The summed E-state index contributed by atoms with van der Waals surface area (Å²) in [4.78, 5) is 10.5. The molecule has 2 heterocycles. The number of hydrogen-bond donors (Lipinski definition) is 0. The molecule has 0 N–H and O–H groups in total. The van der Waals surface area contributed by atoms with Crippen LogP contribution in [0.15, 0.2) is 170 Å². The van der Waals surface area contributed by atoms with Gasteiger partial charge in [-0.15, -0.1) is 0 Å². The first-order valence-corrected chi connectivity index (χ1v) is 20.1. The molecule has 0 aliphatic heterocycles. The van der Waals surface area contributed by atoms with Crippen molar-refractivity contribution in [2.75, 3.05) is 0 Å². The second kappa shape index (κ2) is 14.6. The number of fused-ring (bicyclic) bond motifs is 3. The number of benzene rings is 7. The van der Waals surface area contributed by atoms with Gasteiger partial charge in [-0.3, -0.25) is 0 Å². The van der Waals surface area contributed by atoms with Gasteiger partial charge in [-0.25, -0.2) is 9.97 Å². The van der Waals surface area contributed by atoms with E-state index in [1.165, 1.54) is 5.56 Å². The maximum atomic E-state index is 10.6. The molecular formula is C49H32N4P2. The fourth-order valence-corrected chi connectivity index (χ4v) is 8.46. The van der Waals surface area contributed by atoms with Crippen molar-refractivity contribution < 1.29 is 0 Å². The fourth-order valence-electron chi connectivity index (χ4n) is 7.40. The molecule has 4 nitrogen and oxygen atoms in total. The van der Waals surface area contributed by atoms with Gasteiger partial charge in [-0.2, -0.15) is 5.26 Å². The molecule has 0 aliphatic rings. The Bertz CT molecular complexity index is 2890. The molecule has 6 heteroatoms. The SMILES string of the molecule is C=Pc1ccc2c(c1)c1cc(-c3ccccc3)ccc1n2-c1cc(-c2ccccc2)cc(-c2nc(-c3ccccc3)c(C#N)c(-c3ccccc3)n2)c1P=C.